The number of hydrogen-bond donors (Lipinski definition) is 0. The second-order valence-electron chi connectivity index (χ2n) is 8.88. The van der Waals surface area contributed by atoms with Crippen LogP contribution in [0.2, 0.25) is 0 Å². The molecule has 5 rings (SSSR count). The van der Waals surface area contributed by atoms with Gasteiger partial charge in [-0.15, -0.1) is 11.3 Å². The molecule has 6 nitrogen and oxygen atoms in total. The number of thioether (sulfide) groups is 1. The van der Waals surface area contributed by atoms with E-state index in [9.17, 15) is 9.59 Å². The van der Waals surface area contributed by atoms with Crippen LogP contribution in [0.3, 0.4) is 0 Å². The van der Waals surface area contributed by atoms with Gasteiger partial charge >= 0.3 is 0 Å². The molecule has 1 aliphatic heterocycles. The van der Waals surface area contributed by atoms with Gasteiger partial charge in [0.25, 0.3) is 5.56 Å². The van der Waals surface area contributed by atoms with Crippen molar-refractivity contribution < 1.29 is 4.79 Å². The number of rotatable bonds is 4. The van der Waals surface area contributed by atoms with Gasteiger partial charge in [-0.05, 0) is 49.9 Å². The lowest BCUT2D eigenvalue weighted by Crippen LogP contribution is -2.47. The number of benzene rings is 1. The van der Waals surface area contributed by atoms with E-state index in [1.54, 1.807) is 15.9 Å². The molecule has 0 saturated carbocycles. The summed E-state index contributed by atoms with van der Waals surface area (Å²) >= 11 is 3.03. The first-order valence-electron chi connectivity index (χ1n) is 11.2. The van der Waals surface area contributed by atoms with Crippen LogP contribution in [0.15, 0.2) is 40.3 Å². The van der Waals surface area contributed by atoms with Crippen LogP contribution >= 0.6 is 23.1 Å². The van der Waals surface area contributed by atoms with Crippen molar-refractivity contribution in [3.05, 3.63) is 51.1 Å². The fourth-order valence-electron chi connectivity index (χ4n) is 4.55. The molecule has 3 aromatic rings. The number of amides is 1. The molecule has 1 fully saturated rings. The number of likely N-dealkylation sites (N-methyl/N-ethyl adjacent to an activating group) is 1. The van der Waals surface area contributed by atoms with Gasteiger partial charge in [-0.2, -0.15) is 0 Å². The number of para-hydroxylation sites is 1. The highest BCUT2D eigenvalue weighted by atomic mass is 32.2. The maximum atomic E-state index is 13.8. The van der Waals surface area contributed by atoms with E-state index in [1.807, 2.05) is 35.2 Å². The van der Waals surface area contributed by atoms with Crippen LogP contribution in [-0.4, -0.2) is 64.2 Å². The Balaban J connectivity index is 1.52. The van der Waals surface area contributed by atoms with Gasteiger partial charge in [0.1, 0.15) is 4.83 Å². The Morgan fingerprint density at radius 2 is 1.94 bits per heavy atom. The molecule has 1 atom stereocenters. The van der Waals surface area contributed by atoms with Crippen molar-refractivity contribution in [3.8, 4) is 5.69 Å². The standard InChI is InChI=1S/C24H28N4O2S2/c1-16-8-9-18-19(14-16)32-22-21(18)23(30)28(17-6-4-3-5-7-17)24(25-22)31-15-20(29)27-12-10-26(2)11-13-27/h3-7,16H,8-15H2,1-2H3/t16-/m0/s1. The summed E-state index contributed by atoms with van der Waals surface area (Å²) in [6, 6.07) is 9.67. The molecule has 2 aliphatic rings. The lowest BCUT2D eigenvalue weighted by Gasteiger charge is -2.32. The molecule has 2 aromatic heterocycles. The zero-order chi connectivity index (χ0) is 22.2. The topological polar surface area (TPSA) is 58.4 Å². The Morgan fingerprint density at radius 3 is 2.69 bits per heavy atom. The predicted molar refractivity (Wildman–Crippen MR) is 131 cm³/mol. The minimum atomic E-state index is -0.0113. The van der Waals surface area contributed by atoms with Gasteiger partial charge in [-0.3, -0.25) is 14.2 Å². The number of hydrogen-bond acceptors (Lipinski definition) is 6. The average molecular weight is 469 g/mol. The fraction of sp³-hybridized carbons (Fsp3) is 0.458. The van der Waals surface area contributed by atoms with Crippen LogP contribution in [0.5, 0.6) is 0 Å². The van der Waals surface area contributed by atoms with E-state index in [-0.39, 0.29) is 17.2 Å². The van der Waals surface area contributed by atoms with Crippen LogP contribution in [0.4, 0.5) is 0 Å². The van der Waals surface area contributed by atoms with Gasteiger partial charge in [0.2, 0.25) is 5.91 Å². The highest BCUT2D eigenvalue weighted by Gasteiger charge is 2.26. The normalized spacial score (nSPS) is 19.3. The second-order valence-corrected chi connectivity index (χ2v) is 10.9. The predicted octanol–water partition coefficient (Wildman–Crippen LogP) is 3.44. The molecule has 32 heavy (non-hydrogen) atoms. The fourth-order valence-corrected chi connectivity index (χ4v) is 6.89. The van der Waals surface area contributed by atoms with E-state index >= 15 is 0 Å². The van der Waals surface area contributed by atoms with Gasteiger partial charge < -0.3 is 9.80 Å². The number of aryl methyl sites for hydroxylation is 1. The van der Waals surface area contributed by atoms with Crippen LogP contribution in [0.1, 0.15) is 23.8 Å². The maximum absolute atomic E-state index is 13.8. The third-order valence-corrected chi connectivity index (χ3v) is 8.57. The third-order valence-electron chi connectivity index (χ3n) is 6.49. The summed E-state index contributed by atoms with van der Waals surface area (Å²) in [6.45, 7) is 5.57. The van der Waals surface area contributed by atoms with Crippen molar-refractivity contribution in [2.45, 2.75) is 31.3 Å². The quantitative estimate of drug-likeness (QED) is 0.434. The highest BCUT2D eigenvalue weighted by molar-refractivity contribution is 7.99. The molecule has 1 saturated heterocycles. The highest BCUT2D eigenvalue weighted by Crippen LogP contribution is 2.37. The number of thiophene rings is 1. The summed E-state index contributed by atoms with van der Waals surface area (Å²) in [5.41, 5.74) is 1.98. The first-order chi connectivity index (χ1) is 15.5. The Kier molecular flexibility index (Phi) is 6.09. The van der Waals surface area contributed by atoms with Crippen LogP contribution in [0.25, 0.3) is 15.9 Å². The van der Waals surface area contributed by atoms with Crippen molar-refractivity contribution >= 4 is 39.2 Å². The minimum absolute atomic E-state index is 0.0113. The number of piperazine rings is 1. The molecule has 3 heterocycles. The smallest absolute Gasteiger partial charge is 0.267 e. The van der Waals surface area contributed by atoms with E-state index < -0.39 is 0 Å². The maximum Gasteiger partial charge on any atom is 0.267 e. The second kappa shape index (κ2) is 9.00. The SMILES string of the molecule is C[C@H]1CCc2c(sc3nc(SCC(=O)N4CCN(C)CC4)n(-c4ccccc4)c(=O)c23)C1. The van der Waals surface area contributed by atoms with Gasteiger partial charge in [0.15, 0.2) is 5.16 Å². The Hall–Kier alpha value is -2.16. The van der Waals surface area contributed by atoms with E-state index in [1.165, 1.54) is 22.2 Å². The molecule has 1 amide bonds. The lowest BCUT2D eigenvalue weighted by molar-refractivity contribution is -0.129. The molecule has 0 bridgehead atoms. The first-order valence-corrected chi connectivity index (χ1v) is 13.0. The number of fused-ring (bicyclic) bond motifs is 3. The number of aromatic nitrogens is 2. The summed E-state index contributed by atoms with van der Waals surface area (Å²) < 4.78 is 1.70. The van der Waals surface area contributed by atoms with E-state index in [0.717, 1.165) is 61.3 Å². The molecule has 8 heteroatoms. The van der Waals surface area contributed by atoms with Crippen LogP contribution < -0.4 is 5.56 Å². The number of nitrogens with zero attached hydrogens (tertiary/aromatic N) is 4. The van der Waals surface area contributed by atoms with Gasteiger partial charge in [-0.1, -0.05) is 36.9 Å². The molecule has 1 aromatic carbocycles. The van der Waals surface area contributed by atoms with E-state index in [4.69, 9.17) is 4.98 Å². The average Bonchev–Trinajstić information content (AvgIpc) is 3.16. The number of carbonyl (C=O) groups is 1. The van der Waals surface area contributed by atoms with Gasteiger partial charge in [0, 0.05) is 31.1 Å². The first kappa shape index (κ1) is 21.7. The summed E-state index contributed by atoms with van der Waals surface area (Å²) in [4.78, 5) is 37.8. The molecule has 0 unspecified atom stereocenters. The van der Waals surface area contributed by atoms with Gasteiger partial charge in [-0.25, -0.2) is 4.98 Å². The van der Waals surface area contributed by atoms with Crippen LogP contribution in [-0.2, 0) is 17.6 Å². The van der Waals surface area contributed by atoms with Crippen molar-refractivity contribution in [1.29, 1.82) is 0 Å². The van der Waals surface area contributed by atoms with Crippen molar-refractivity contribution in [2.24, 2.45) is 5.92 Å². The largest absolute Gasteiger partial charge is 0.339 e. The molecule has 0 spiro atoms. The third kappa shape index (κ3) is 4.11. The minimum Gasteiger partial charge on any atom is -0.339 e. The zero-order valence-corrected chi connectivity index (χ0v) is 20.2. The molecule has 0 N–H and O–H groups in total. The molecule has 1 aliphatic carbocycles. The summed E-state index contributed by atoms with van der Waals surface area (Å²) in [5, 5.41) is 1.37. The zero-order valence-electron chi connectivity index (χ0n) is 18.5. The van der Waals surface area contributed by atoms with Crippen molar-refractivity contribution in [3.63, 3.8) is 0 Å². The summed E-state index contributed by atoms with van der Waals surface area (Å²) in [7, 11) is 2.08. The number of carbonyl (C=O) groups excluding carboxylic acids is 1. The Labute approximate surface area is 196 Å². The Morgan fingerprint density at radius 1 is 1.19 bits per heavy atom. The Bertz CT molecular complexity index is 1200. The van der Waals surface area contributed by atoms with Gasteiger partial charge in [0.05, 0.1) is 16.8 Å². The molecular formula is C24H28N4O2S2. The summed E-state index contributed by atoms with van der Waals surface area (Å²) in [5.74, 6) is 1.04. The monoisotopic (exact) mass is 468 g/mol. The molecule has 168 valence electrons. The van der Waals surface area contributed by atoms with Crippen molar-refractivity contribution in [1.82, 2.24) is 19.4 Å². The molecular weight excluding hydrogens is 440 g/mol. The lowest BCUT2D eigenvalue weighted by atomic mass is 9.89. The van der Waals surface area contributed by atoms with Crippen molar-refractivity contribution in [2.75, 3.05) is 39.0 Å². The van der Waals surface area contributed by atoms with E-state index in [0.29, 0.717) is 11.1 Å². The van der Waals surface area contributed by atoms with Crippen LogP contribution in [0, 0.1) is 5.92 Å². The summed E-state index contributed by atoms with van der Waals surface area (Å²) in [6.07, 6.45) is 3.07. The molecule has 0 radical (unpaired) electrons. The van der Waals surface area contributed by atoms with E-state index in [2.05, 4.69) is 18.9 Å².